The Morgan fingerprint density at radius 1 is 1.31 bits per heavy atom. The van der Waals surface area contributed by atoms with Gasteiger partial charge in [0.2, 0.25) is 5.91 Å². The van der Waals surface area contributed by atoms with Gasteiger partial charge >= 0.3 is 0 Å². The lowest BCUT2D eigenvalue weighted by molar-refractivity contribution is -0.134. The molecule has 1 amide bonds. The maximum Gasteiger partial charge on any atom is 0.223 e. The molecule has 0 aromatic rings. The highest BCUT2D eigenvalue weighted by molar-refractivity contribution is 5.76. The summed E-state index contributed by atoms with van der Waals surface area (Å²) in [6.45, 7) is 5.45. The Labute approximate surface area is 97.5 Å². The Morgan fingerprint density at radius 2 is 2.06 bits per heavy atom. The van der Waals surface area contributed by atoms with Crippen LogP contribution in [-0.2, 0) is 9.53 Å². The second kappa shape index (κ2) is 5.64. The van der Waals surface area contributed by atoms with Crippen molar-refractivity contribution >= 4 is 5.91 Å². The smallest absolute Gasteiger partial charge is 0.223 e. The molecule has 0 aromatic carbocycles. The molecule has 2 saturated heterocycles. The van der Waals surface area contributed by atoms with Gasteiger partial charge in [0.1, 0.15) is 0 Å². The molecule has 2 aliphatic heterocycles. The molecule has 1 unspecified atom stereocenters. The molecule has 0 saturated carbocycles. The van der Waals surface area contributed by atoms with E-state index < -0.39 is 0 Å². The first-order valence-electron chi connectivity index (χ1n) is 6.30. The number of carbonyl (C=O) groups is 1. The minimum absolute atomic E-state index is 0.323. The van der Waals surface area contributed by atoms with Crippen molar-refractivity contribution in [1.82, 2.24) is 9.80 Å². The van der Waals surface area contributed by atoms with Crippen molar-refractivity contribution in [3.8, 4) is 0 Å². The van der Waals surface area contributed by atoms with Crippen molar-refractivity contribution in [1.29, 1.82) is 0 Å². The van der Waals surface area contributed by atoms with Gasteiger partial charge in [-0.3, -0.25) is 4.79 Å². The van der Waals surface area contributed by atoms with Crippen LogP contribution >= 0.6 is 0 Å². The van der Waals surface area contributed by atoms with E-state index in [0.29, 0.717) is 18.2 Å². The van der Waals surface area contributed by atoms with E-state index in [1.165, 1.54) is 0 Å². The van der Waals surface area contributed by atoms with E-state index in [1.807, 2.05) is 4.90 Å². The predicted octanol–water partition coefficient (Wildman–Crippen LogP) is 0.577. The fourth-order valence-corrected chi connectivity index (χ4v) is 2.40. The monoisotopic (exact) mass is 226 g/mol. The van der Waals surface area contributed by atoms with Gasteiger partial charge < -0.3 is 14.5 Å². The molecule has 0 bridgehead atoms. The normalized spacial score (nSPS) is 28.1. The molecule has 0 aromatic heterocycles. The summed E-state index contributed by atoms with van der Waals surface area (Å²) in [5, 5.41) is 0. The average Bonchev–Trinajstić information content (AvgIpc) is 2.31. The Morgan fingerprint density at radius 3 is 2.69 bits per heavy atom. The minimum Gasteiger partial charge on any atom is -0.381 e. The predicted molar refractivity (Wildman–Crippen MR) is 62.2 cm³/mol. The first kappa shape index (κ1) is 11.9. The average molecular weight is 226 g/mol. The van der Waals surface area contributed by atoms with E-state index in [1.54, 1.807) is 0 Å². The van der Waals surface area contributed by atoms with Crippen LogP contribution in [-0.4, -0.2) is 62.1 Å². The van der Waals surface area contributed by atoms with Crippen molar-refractivity contribution in [2.24, 2.45) is 5.92 Å². The van der Waals surface area contributed by atoms with Crippen molar-refractivity contribution in [3.05, 3.63) is 0 Å². The quantitative estimate of drug-likeness (QED) is 0.690. The van der Waals surface area contributed by atoms with Gasteiger partial charge in [-0.15, -0.1) is 0 Å². The molecule has 0 spiro atoms. The van der Waals surface area contributed by atoms with Gasteiger partial charge in [0.15, 0.2) is 0 Å². The van der Waals surface area contributed by atoms with Crippen LogP contribution in [0.2, 0.25) is 0 Å². The van der Waals surface area contributed by atoms with Gasteiger partial charge in [0, 0.05) is 45.8 Å². The molecular formula is C12H22N2O2. The number of likely N-dealkylation sites (N-methyl/N-ethyl adjacent to an activating group) is 1. The van der Waals surface area contributed by atoms with Crippen LogP contribution in [0.25, 0.3) is 0 Å². The van der Waals surface area contributed by atoms with Crippen LogP contribution in [0.15, 0.2) is 0 Å². The van der Waals surface area contributed by atoms with Crippen LogP contribution in [0.1, 0.15) is 19.3 Å². The number of piperazine rings is 1. The number of hydrogen-bond acceptors (Lipinski definition) is 3. The number of rotatable bonds is 2. The van der Waals surface area contributed by atoms with Gasteiger partial charge in [-0.1, -0.05) is 0 Å². The third kappa shape index (κ3) is 3.19. The molecule has 4 heteroatoms. The summed E-state index contributed by atoms with van der Waals surface area (Å²) in [6, 6.07) is 0. The fraction of sp³-hybridized carbons (Fsp3) is 0.917. The largest absolute Gasteiger partial charge is 0.381 e. The van der Waals surface area contributed by atoms with Crippen molar-refractivity contribution in [3.63, 3.8) is 0 Å². The summed E-state index contributed by atoms with van der Waals surface area (Å²) in [4.78, 5) is 16.3. The third-order valence-electron chi connectivity index (χ3n) is 3.57. The first-order chi connectivity index (χ1) is 7.75. The molecule has 2 fully saturated rings. The molecule has 4 nitrogen and oxygen atoms in total. The fourth-order valence-electron chi connectivity index (χ4n) is 2.40. The minimum atomic E-state index is 0.323. The van der Waals surface area contributed by atoms with Crippen molar-refractivity contribution in [2.45, 2.75) is 19.3 Å². The van der Waals surface area contributed by atoms with Crippen molar-refractivity contribution < 1.29 is 9.53 Å². The second-order valence-electron chi connectivity index (χ2n) is 4.97. The Bertz CT molecular complexity index is 231. The molecule has 2 rings (SSSR count). The number of ether oxygens (including phenoxy) is 1. The van der Waals surface area contributed by atoms with Crippen LogP contribution in [0.5, 0.6) is 0 Å². The molecule has 0 N–H and O–H groups in total. The Balaban J connectivity index is 1.74. The summed E-state index contributed by atoms with van der Waals surface area (Å²) < 4.78 is 5.41. The maximum atomic E-state index is 12.0. The molecule has 0 aliphatic carbocycles. The second-order valence-corrected chi connectivity index (χ2v) is 4.97. The van der Waals surface area contributed by atoms with Crippen LogP contribution in [0.4, 0.5) is 0 Å². The van der Waals surface area contributed by atoms with Crippen molar-refractivity contribution in [2.75, 3.05) is 46.4 Å². The van der Waals surface area contributed by atoms with Crippen LogP contribution in [0, 0.1) is 5.92 Å². The van der Waals surface area contributed by atoms with E-state index in [2.05, 4.69) is 11.9 Å². The van der Waals surface area contributed by atoms with Gasteiger partial charge in [0.05, 0.1) is 0 Å². The highest BCUT2D eigenvalue weighted by Crippen LogP contribution is 2.18. The van der Waals surface area contributed by atoms with E-state index in [9.17, 15) is 4.79 Å². The molecule has 2 aliphatic rings. The van der Waals surface area contributed by atoms with E-state index >= 15 is 0 Å². The maximum absolute atomic E-state index is 12.0. The zero-order valence-electron chi connectivity index (χ0n) is 10.2. The zero-order chi connectivity index (χ0) is 11.4. The Kier molecular flexibility index (Phi) is 4.18. The molecular weight excluding hydrogens is 204 g/mol. The number of amides is 1. The summed E-state index contributed by atoms with van der Waals surface area (Å²) in [5.74, 6) is 0.782. The van der Waals surface area contributed by atoms with Crippen LogP contribution in [0.3, 0.4) is 0 Å². The lowest BCUT2D eigenvalue weighted by atomic mass is 9.98. The highest BCUT2D eigenvalue weighted by atomic mass is 16.5. The topological polar surface area (TPSA) is 32.8 Å². The first-order valence-corrected chi connectivity index (χ1v) is 6.30. The van der Waals surface area contributed by atoms with Crippen LogP contribution < -0.4 is 0 Å². The van der Waals surface area contributed by atoms with Gasteiger partial charge in [-0.05, 0) is 25.8 Å². The lowest BCUT2D eigenvalue weighted by Gasteiger charge is -2.33. The Hall–Kier alpha value is -0.610. The third-order valence-corrected chi connectivity index (χ3v) is 3.57. The SMILES string of the molecule is CN1CCN(C(=O)CC2CCCOC2)CC1. The van der Waals surface area contributed by atoms with E-state index in [-0.39, 0.29) is 0 Å². The summed E-state index contributed by atoms with van der Waals surface area (Å²) in [6.07, 6.45) is 2.95. The number of hydrogen-bond donors (Lipinski definition) is 0. The zero-order valence-corrected chi connectivity index (χ0v) is 10.2. The highest BCUT2D eigenvalue weighted by Gasteiger charge is 2.23. The number of carbonyl (C=O) groups excluding carboxylic acids is 1. The lowest BCUT2D eigenvalue weighted by Crippen LogP contribution is -2.47. The van der Waals surface area contributed by atoms with Gasteiger partial charge in [-0.25, -0.2) is 0 Å². The van der Waals surface area contributed by atoms with E-state index in [0.717, 1.165) is 52.2 Å². The summed E-state index contributed by atoms with van der Waals surface area (Å²) in [7, 11) is 2.11. The van der Waals surface area contributed by atoms with Gasteiger partial charge in [-0.2, -0.15) is 0 Å². The summed E-state index contributed by atoms with van der Waals surface area (Å²) >= 11 is 0. The van der Waals surface area contributed by atoms with E-state index in [4.69, 9.17) is 4.74 Å². The van der Waals surface area contributed by atoms with Gasteiger partial charge in [0.25, 0.3) is 0 Å². The standard InChI is InChI=1S/C12H22N2O2/c1-13-4-6-14(7-5-13)12(15)9-11-3-2-8-16-10-11/h11H,2-10H2,1H3. The molecule has 2 heterocycles. The molecule has 0 radical (unpaired) electrons. The molecule has 16 heavy (non-hydrogen) atoms. The molecule has 92 valence electrons. The molecule has 1 atom stereocenters. The number of nitrogens with zero attached hydrogens (tertiary/aromatic N) is 2. The summed E-state index contributed by atoms with van der Waals surface area (Å²) in [5.41, 5.74) is 0.